The molecule has 1 aromatic carbocycles. The third-order valence-electron chi connectivity index (χ3n) is 3.38. The summed E-state index contributed by atoms with van der Waals surface area (Å²) in [4.78, 5) is 11.0. The minimum Gasteiger partial charge on any atom is -0.378 e. The Morgan fingerprint density at radius 2 is 1.48 bits per heavy atom. The molecule has 21 heavy (non-hydrogen) atoms. The maximum absolute atomic E-state index is 4.48. The highest BCUT2D eigenvalue weighted by Gasteiger charge is 2.05. The molecule has 0 N–H and O–H groups in total. The van der Waals surface area contributed by atoms with E-state index in [1.165, 1.54) is 0 Å². The lowest BCUT2D eigenvalue weighted by molar-refractivity contribution is 1.12. The molecule has 3 heteroatoms. The highest BCUT2D eigenvalue weighted by atomic mass is 15.1. The highest BCUT2D eigenvalue weighted by Crippen LogP contribution is 2.25. The van der Waals surface area contributed by atoms with Crippen molar-refractivity contribution in [1.82, 2.24) is 9.97 Å². The standard InChI is InChI=1S/C18H17N3/c1-21(2)16-9-11-20-18(13-16)15-7-5-6-14(12-15)17-8-3-4-10-19-17/h3-13H,1-2H3. The first-order chi connectivity index (χ1) is 10.2. The first-order valence-corrected chi connectivity index (χ1v) is 6.89. The number of hydrogen-bond donors (Lipinski definition) is 0. The van der Waals surface area contributed by atoms with Gasteiger partial charge in [0.15, 0.2) is 0 Å². The van der Waals surface area contributed by atoms with Crippen LogP contribution in [-0.4, -0.2) is 24.1 Å². The van der Waals surface area contributed by atoms with E-state index in [0.717, 1.165) is 28.2 Å². The molecule has 0 radical (unpaired) electrons. The van der Waals surface area contributed by atoms with Crippen LogP contribution in [0.4, 0.5) is 5.69 Å². The first-order valence-electron chi connectivity index (χ1n) is 6.89. The van der Waals surface area contributed by atoms with Crippen molar-refractivity contribution < 1.29 is 0 Å². The Morgan fingerprint density at radius 1 is 0.714 bits per heavy atom. The fourth-order valence-electron chi connectivity index (χ4n) is 2.23. The second-order valence-electron chi connectivity index (χ2n) is 5.09. The average Bonchev–Trinajstić information content (AvgIpc) is 2.56. The first kappa shape index (κ1) is 13.3. The molecule has 0 aliphatic carbocycles. The number of anilines is 1. The van der Waals surface area contributed by atoms with Crippen LogP contribution < -0.4 is 4.90 Å². The van der Waals surface area contributed by atoms with Gasteiger partial charge >= 0.3 is 0 Å². The third kappa shape index (κ3) is 2.92. The van der Waals surface area contributed by atoms with Gasteiger partial charge in [0, 0.05) is 43.3 Å². The molecule has 0 bridgehead atoms. The van der Waals surface area contributed by atoms with Gasteiger partial charge in [-0.2, -0.15) is 0 Å². The van der Waals surface area contributed by atoms with Gasteiger partial charge in [-0.15, -0.1) is 0 Å². The normalized spacial score (nSPS) is 10.4. The summed E-state index contributed by atoms with van der Waals surface area (Å²) in [5, 5.41) is 0. The summed E-state index contributed by atoms with van der Waals surface area (Å²) >= 11 is 0. The number of pyridine rings is 2. The van der Waals surface area contributed by atoms with Gasteiger partial charge in [-0.05, 0) is 30.3 Å². The van der Waals surface area contributed by atoms with E-state index < -0.39 is 0 Å². The highest BCUT2D eigenvalue weighted by molar-refractivity contribution is 5.71. The van der Waals surface area contributed by atoms with E-state index in [0.29, 0.717) is 0 Å². The second-order valence-corrected chi connectivity index (χ2v) is 5.09. The molecule has 0 spiro atoms. The molecule has 0 amide bonds. The Balaban J connectivity index is 2.02. The molecule has 0 saturated heterocycles. The van der Waals surface area contributed by atoms with Gasteiger partial charge in [0.25, 0.3) is 0 Å². The molecule has 0 aliphatic heterocycles. The molecule has 0 aliphatic rings. The van der Waals surface area contributed by atoms with Crippen molar-refractivity contribution in [2.24, 2.45) is 0 Å². The zero-order valence-corrected chi connectivity index (χ0v) is 12.2. The van der Waals surface area contributed by atoms with Gasteiger partial charge < -0.3 is 4.90 Å². The van der Waals surface area contributed by atoms with Crippen molar-refractivity contribution in [3.63, 3.8) is 0 Å². The van der Waals surface area contributed by atoms with Crippen LogP contribution in [0.5, 0.6) is 0 Å². The summed E-state index contributed by atoms with van der Waals surface area (Å²) in [6.45, 7) is 0. The van der Waals surface area contributed by atoms with Crippen LogP contribution in [0.25, 0.3) is 22.5 Å². The zero-order chi connectivity index (χ0) is 14.7. The van der Waals surface area contributed by atoms with Crippen LogP contribution in [-0.2, 0) is 0 Å². The topological polar surface area (TPSA) is 29.0 Å². The van der Waals surface area contributed by atoms with Crippen LogP contribution in [0.3, 0.4) is 0 Å². The fourth-order valence-corrected chi connectivity index (χ4v) is 2.23. The molecule has 0 saturated carbocycles. The third-order valence-corrected chi connectivity index (χ3v) is 3.38. The quantitative estimate of drug-likeness (QED) is 0.726. The van der Waals surface area contributed by atoms with E-state index in [9.17, 15) is 0 Å². The van der Waals surface area contributed by atoms with Crippen molar-refractivity contribution >= 4 is 5.69 Å². The van der Waals surface area contributed by atoms with Crippen molar-refractivity contribution in [2.75, 3.05) is 19.0 Å². The number of hydrogen-bond acceptors (Lipinski definition) is 3. The number of benzene rings is 1. The Bertz CT molecular complexity index is 736. The van der Waals surface area contributed by atoms with E-state index >= 15 is 0 Å². The summed E-state index contributed by atoms with van der Waals surface area (Å²) in [6, 6.07) is 18.4. The van der Waals surface area contributed by atoms with E-state index in [4.69, 9.17) is 0 Å². The maximum Gasteiger partial charge on any atom is 0.0722 e. The largest absolute Gasteiger partial charge is 0.378 e. The number of aromatic nitrogens is 2. The monoisotopic (exact) mass is 275 g/mol. The van der Waals surface area contributed by atoms with Gasteiger partial charge in [-0.3, -0.25) is 9.97 Å². The van der Waals surface area contributed by atoms with Crippen LogP contribution in [0.15, 0.2) is 67.0 Å². The number of nitrogens with zero attached hydrogens (tertiary/aromatic N) is 3. The summed E-state index contributed by atoms with van der Waals surface area (Å²) in [7, 11) is 4.06. The van der Waals surface area contributed by atoms with Crippen molar-refractivity contribution in [3.8, 4) is 22.5 Å². The predicted molar refractivity (Wildman–Crippen MR) is 87.2 cm³/mol. The molecule has 104 valence electrons. The van der Waals surface area contributed by atoms with E-state index in [1.54, 1.807) is 0 Å². The molecule has 0 atom stereocenters. The SMILES string of the molecule is CN(C)c1ccnc(-c2cccc(-c3ccccn3)c2)c1. The minimum atomic E-state index is 0.971. The molecule has 3 rings (SSSR count). The van der Waals surface area contributed by atoms with E-state index in [1.807, 2.05) is 56.8 Å². The summed E-state index contributed by atoms with van der Waals surface area (Å²) in [5.41, 5.74) is 5.29. The Hall–Kier alpha value is -2.68. The van der Waals surface area contributed by atoms with Gasteiger partial charge in [-0.25, -0.2) is 0 Å². The average molecular weight is 275 g/mol. The molecule has 3 nitrogen and oxygen atoms in total. The fraction of sp³-hybridized carbons (Fsp3) is 0.111. The van der Waals surface area contributed by atoms with Crippen LogP contribution >= 0.6 is 0 Å². The smallest absolute Gasteiger partial charge is 0.0722 e. The van der Waals surface area contributed by atoms with Crippen LogP contribution in [0.2, 0.25) is 0 Å². The predicted octanol–water partition coefficient (Wildman–Crippen LogP) is 3.88. The molecule has 2 heterocycles. The van der Waals surface area contributed by atoms with Gasteiger partial charge in [0.05, 0.1) is 11.4 Å². The van der Waals surface area contributed by atoms with Crippen LogP contribution in [0.1, 0.15) is 0 Å². The molecular weight excluding hydrogens is 258 g/mol. The number of rotatable bonds is 3. The summed E-state index contributed by atoms with van der Waals surface area (Å²) < 4.78 is 0. The minimum absolute atomic E-state index is 0.971. The van der Waals surface area contributed by atoms with Gasteiger partial charge in [0.2, 0.25) is 0 Å². The molecule has 0 fully saturated rings. The van der Waals surface area contributed by atoms with Crippen molar-refractivity contribution in [2.45, 2.75) is 0 Å². The van der Waals surface area contributed by atoms with Crippen LogP contribution in [0, 0.1) is 0 Å². The van der Waals surface area contributed by atoms with Gasteiger partial charge in [0.1, 0.15) is 0 Å². The lowest BCUT2D eigenvalue weighted by Gasteiger charge is -2.13. The Morgan fingerprint density at radius 3 is 2.19 bits per heavy atom. The van der Waals surface area contributed by atoms with E-state index in [-0.39, 0.29) is 0 Å². The van der Waals surface area contributed by atoms with E-state index in [2.05, 4.69) is 39.1 Å². The lowest BCUT2D eigenvalue weighted by atomic mass is 10.0. The summed E-state index contributed by atoms with van der Waals surface area (Å²) in [5.74, 6) is 0. The van der Waals surface area contributed by atoms with Gasteiger partial charge in [-0.1, -0.05) is 24.3 Å². The molecule has 0 unspecified atom stereocenters. The zero-order valence-electron chi connectivity index (χ0n) is 12.2. The second kappa shape index (κ2) is 5.75. The Kier molecular flexibility index (Phi) is 3.65. The van der Waals surface area contributed by atoms with Crippen molar-refractivity contribution in [1.29, 1.82) is 0 Å². The maximum atomic E-state index is 4.48. The lowest BCUT2D eigenvalue weighted by Crippen LogP contribution is -2.08. The molecule has 2 aromatic heterocycles. The molecular formula is C18H17N3. The van der Waals surface area contributed by atoms with Crippen molar-refractivity contribution in [3.05, 3.63) is 67.0 Å². The summed E-state index contributed by atoms with van der Waals surface area (Å²) in [6.07, 6.45) is 3.66. The molecule has 3 aromatic rings. The Labute approximate surface area is 124 Å².